The van der Waals surface area contributed by atoms with E-state index < -0.39 is 78.3 Å². The molecule has 0 rings (SSSR count). The molecule has 6 N–H and O–H groups in total. The molecule has 12 nitrogen and oxygen atoms in total. The topological polar surface area (TPSA) is 184 Å². The monoisotopic (exact) mass is 688 g/mol. The van der Waals surface area contributed by atoms with Crippen molar-refractivity contribution in [2.45, 2.75) is 175 Å². The first-order valence-corrected chi connectivity index (χ1v) is 18.2. The van der Waals surface area contributed by atoms with Crippen molar-refractivity contribution in [2.24, 2.45) is 17.8 Å². The molecule has 0 heterocycles. The molecule has 0 spiro atoms. The zero-order valence-electron chi connectivity index (χ0n) is 31.3. The van der Waals surface area contributed by atoms with Crippen LogP contribution in [-0.4, -0.2) is 88.3 Å². The minimum Gasteiger partial charge on any atom is -0.461 e. The molecule has 12 heteroatoms. The van der Waals surface area contributed by atoms with Gasteiger partial charge >= 0.3 is 12.1 Å². The highest BCUT2D eigenvalue weighted by Crippen LogP contribution is 2.24. The molecule has 0 saturated carbocycles. The maximum Gasteiger partial charge on any atom is 0.408 e. The molecule has 0 aliphatic heterocycles. The lowest BCUT2D eigenvalue weighted by Gasteiger charge is -2.31. The molecule has 0 radical (unpaired) electrons. The van der Waals surface area contributed by atoms with Crippen LogP contribution in [0.5, 0.6) is 0 Å². The Labute approximate surface area is 289 Å². The minimum absolute atomic E-state index is 0.210. The van der Waals surface area contributed by atoms with Crippen molar-refractivity contribution in [3.8, 4) is 0 Å². The number of esters is 1. The molecule has 3 amide bonds. The summed E-state index contributed by atoms with van der Waals surface area (Å²) in [5.41, 5.74) is -0.780. The number of carbonyl (C=O) groups excluding carboxylic acids is 4. The van der Waals surface area contributed by atoms with E-state index in [1.165, 1.54) is 51.9 Å². The molecule has 0 bridgehead atoms. The SMILES string of the molecule is CCCCCCCCCCCCC[C@@H](OC(=O)CNC(=O)[C@@H](NC(=O)[C@@H](NC(=O)OC(C)(C)C)C(C)C)[C@@H](C)O)[C@H](C)[C@@H](O)[C@@H](C)CO. The van der Waals surface area contributed by atoms with Crippen LogP contribution in [0.15, 0.2) is 0 Å². The van der Waals surface area contributed by atoms with Gasteiger partial charge in [-0.1, -0.05) is 98.8 Å². The van der Waals surface area contributed by atoms with Gasteiger partial charge in [0.25, 0.3) is 0 Å². The Hall–Kier alpha value is -2.44. The van der Waals surface area contributed by atoms with Crippen LogP contribution in [0, 0.1) is 17.8 Å². The summed E-state index contributed by atoms with van der Waals surface area (Å²) in [6, 6.07) is -2.46. The fourth-order valence-electron chi connectivity index (χ4n) is 5.38. The zero-order chi connectivity index (χ0) is 36.9. The summed E-state index contributed by atoms with van der Waals surface area (Å²) in [4.78, 5) is 51.2. The van der Waals surface area contributed by atoms with Crippen LogP contribution in [0.2, 0.25) is 0 Å². The Morgan fingerprint density at radius 1 is 0.729 bits per heavy atom. The van der Waals surface area contributed by atoms with Crippen LogP contribution in [0.4, 0.5) is 4.79 Å². The highest BCUT2D eigenvalue weighted by atomic mass is 16.6. The van der Waals surface area contributed by atoms with Gasteiger partial charge in [0, 0.05) is 18.4 Å². The van der Waals surface area contributed by atoms with Crippen molar-refractivity contribution < 1.29 is 44.0 Å². The molecule has 0 saturated heterocycles. The van der Waals surface area contributed by atoms with Crippen molar-refractivity contribution in [3.63, 3.8) is 0 Å². The minimum atomic E-state index is -1.41. The number of nitrogens with one attached hydrogen (secondary N) is 3. The third kappa shape index (κ3) is 20.2. The van der Waals surface area contributed by atoms with Gasteiger partial charge in [-0.15, -0.1) is 0 Å². The van der Waals surface area contributed by atoms with E-state index in [0.29, 0.717) is 6.42 Å². The van der Waals surface area contributed by atoms with E-state index in [1.54, 1.807) is 48.5 Å². The Balaban J connectivity index is 5.17. The molecule has 7 atom stereocenters. The van der Waals surface area contributed by atoms with Crippen molar-refractivity contribution >= 4 is 23.9 Å². The average molecular weight is 688 g/mol. The van der Waals surface area contributed by atoms with E-state index in [9.17, 15) is 34.5 Å². The zero-order valence-corrected chi connectivity index (χ0v) is 31.3. The number of rotatable bonds is 25. The van der Waals surface area contributed by atoms with Gasteiger partial charge in [0.1, 0.15) is 30.3 Å². The summed E-state index contributed by atoms with van der Waals surface area (Å²) < 4.78 is 11.0. The smallest absolute Gasteiger partial charge is 0.408 e. The van der Waals surface area contributed by atoms with Crippen LogP contribution in [-0.2, 0) is 23.9 Å². The summed E-state index contributed by atoms with van der Waals surface area (Å²) in [6.07, 6.45) is 9.79. The quantitative estimate of drug-likeness (QED) is 0.0582. The van der Waals surface area contributed by atoms with Gasteiger partial charge in [0.15, 0.2) is 0 Å². The number of hydrogen-bond donors (Lipinski definition) is 6. The van der Waals surface area contributed by atoms with Crippen molar-refractivity contribution in [1.29, 1.82) is 0 Å². The summed E-state index contributed by atoms with van der Waals surface area (Å²) in [5, 5.41) is 38.0. The number of hydrogen-bond acceptors (Lipinski definition) is 9. The summed E-state index contributed by atoms with van der Waals surface area (Å²) in [6.45, 7) is 14.8. The molecule has 48 heavy (non-hydrogen) atoms. The third-order valence-electron chi connectivity index (χ3n) is 8.46. The second kappa shape index (κ2) is 24.7. The molecule has 0 fully saturated rings. The number of alkyl carbamates (subject to hydrolysis) is 1. The Bertz CT molecular complexity index is 923. The van der Waals surface area contributed by atoms with E-state index in [1.807, 2.05) is 0 Å². The molecule has 0 aromatic rings. The van der Waals surface area contributed by atoms with Crippen LogP contribution in [0.3, 0.4) is 0 Å². The lowest BCUT2D eigenvalue weighted by molar-refractivity contribution is -0.155. The van der Waals surface area contributed by atoms with E-state index in [4.69, 9.17) is 9.47 Å². The van der Waals surface area contributed by atoms with Crippen LogP contribution >= 0.6 is 0 Å². The molecule has 282 valence electrons. The Morgan fingerprint density at radius 2 is 1.25 bits per heavy atom. The lowest BCUT2D eigenvalue weighted by Crippen LogP contribution is -2.59. The van der Waals surface area contributed by atoms with E-state index >= 15 is 0 Å². The summed E-state index contributed by atoms with van der Waals surface area (Å²) >= 11 is 0. The fourth-order valence-corrected chi connectivity index (χ4v) is 5.38. The molecule has 0 aromatic carbocycles. The predicted molar refractivity (Wildman–Crippen MR) is 187 cm³/mol. The number of ether oxygens (including phenoxy) is 2. The van der Waals surface area contributed by atoms with Gasteiger partial charge in [0.05, 0.1) is 12.2 Å². The number of unbranched alkanes of at least 4 members (excludes halogenated alkanes) is 10. The molecule has 0 aliphatic rings. The van der Waals surface area contributed by atoms with Crippen LogP contribution < -0.4 is 16.0 Å². The maximum atomic E-state index is 13.0. The van der Waals surface area contributed by atoms with Crippen molar-refractivity contribution in [3.05, 3.63) is 0 Å². The van der Waals surface area contributed by atoms with Gasteiger partial charge in [-0.2, -0.15) is 0 Å². The number of amides is 3. The number of carbonyl (C=O) groups is 4. The first-order chi connectivity index (χ1) is 22.4. The standard InChI is InChI=1S/C36H69N3O9/c1-10-11-12-13-14-15-16-17-18-19-20-21-28(26(5)32(43)25(4)23-40)47-29(42)22-37-33(44)31(27(6)41)38-34(45)30(24(2)3)39-35(46)48-36(7,8)9/h24-28,30-32,40-41,43H,10-23H2,1-9H3,(H,37,44)(H,38,45)(H,39,46)/t25-,26-,27+,28+,30-,31-,32-/m0/s1. The van der Waals surface area contributed by atoms with E-state index in [2.05, 4.69) is 22.9 Å². The fraction of sp³-hybridized carbons (Fsp3) is 0.889. The predicted octanol–water partition coefficient (Wildman–Crippen LogP) is 4.76. The summed E-state index contributed by atoms with van der Waals surface area (Å²) in [7, 11) is 0. The highest BCUT2D eigenvalue weighted by Gasteiger charge is 2.34. The first-order valence-electron chi connectivity index (χ1n) is 18.2. The lowest BCUT2D eigenvalue weighted by atomic mass is 9.87. The maximum absolute atomic E-state index is 13.0. The third-order valence-corrected chi connectivity index (χ3v) is 8.46. The Morgan fingerprint density at radius 3 is 1.71 bits per heavy atom. The van der Waals surface area contributed by atoms with Gasteiger partial charge in [-0.3, -0.25) is 14.4 Å². The van der Waals surface area contributed by atoms with E-state index in [-0.39, 0.29) is 12.5 Å². The van der Waals surface area contributed by atoms with Gasteiger partial charge in [0.2, 0.25) is 11.8 Å². The van der Waals surface area contributed by atoms with E-state index in [0.717, 1.165) is 25.7 Å². The molecular formula is C36H69N3O9. The average Bonchev–Trinajstić information content (AvgIpc) is 3.00. The van der Waals surface area contributed by atoms with Gasteiger partial charge in [-0.25, -0.2) is 4.79 Å². The molecular weight excluding hydrogens is 618 g/mol. The molecule has 0 aromatic heterocycles. The summed E-state index contributed by atoms with van der Waals surface area (Å²) in [5.74, 6) is -3.47. The second-order valence-corrected chi connectivity index (χ2v) is 14.7. The second-order valence-electron chi connectivity index (χ2n) is 14.7. The van der Waals surface area contributed by atoms with Crippen LogP contribution in [0.1, 0.15) is 139 Å². The van der Waals surface area contributed by atoms with Crippen molar-refractivity contribution in [1.82, 2.24) is 16.0 Å². The van der Waals surface area contributed by atoms with Gasteiger partial charge in [-0.05, 0) is 46.5 Å². The molecule has 0 unspecified atom stereocenters. The Kier molecular flexibility index (Phi) is 23.4. The normalized spacial score (nSPS) is 16.2. The van der Waals surface area contributed by atoms with Crippen molar-refractivity contribution in [2.75, 3.05) is 13.2 Å². The highest BCUT2D eigenvalue weighted by molar-refractivity contribution is 5.92. The number of aliphatic hydroxyl groups excluding tert-OH is 3. The number of aliphatic hydroxyl groups is 3. The first kappa shape index (κ1) is 45.6. The largest absolute Gasteiger partial charge is 0.461 e. The molecule has 0 aliphatic carbocycles. The van der Waals surface area contributed by atoms with Gasteiger partial charge < -0.3 is 40.7 Å². The van der Waals surface area contributed by atoms with Crippen LogP contribution in [0.25, 0.3) is 0 Å².